The van der Waals surface area contributed by atoms with E-state index in [2.05, 4.69) is 25.6 Å². The molecular weight excluding hydrogens is 346 g/mol. The average Bonchev–Trinajstić information content (AvgIpc) is 2.73. The molecule has 2 heterocycles. The first-order valence-corrected chi connectivity index (χ1v) is 8.19. The minimum Gasteiger partial charge on any atom is -0.497 e. The van der Waals surface area contributed by atoms with E-state index < -0.39 is 0 Å². The molecule has 2 N–H and O–H groups in total. The van der Waals surface area contributed by atoms with Gasteiger partial charge < -0.3 is 20.1 Å². The normalized spacial score (nSPS) is 10.1. The monoisotopic (exact) mass is 365 g/mol. The van der Waals surface area contributed by atoms with Gasteiger partial charge in [-0.25, -0.2) is 9.97 Å². The summed E-state index contributed by atoms with van der Waals surface area (Å²) in [6.07, 6.45) is 4.56. The minimum absolute atomic E-state index is 0.217. The van der Waals surface area contributed by atoms with Gasteiger partial charge in [-0.15, -0.1) is 0 Å². The molecule has 2 aromatic heterocycles. The topological polar surface area (TPSA) is 98.3 Å². The zero-order valence-electron chi connectivity index (χ0n) is 15.0. The number of pyridine rings is 1. The van der Waals surface area contributed by atoms with Crippen molar-refractivity contribution in [3.63, 3.8) is 0 Å². The van der Waals surface area contributed by atoms with Crippen molar-refractivity contribution in [3.05, 3.63) is 66.4 Å². The average molecular weight is 365 g/mol. The van der Waals surface area contributed by atoms with Crippen LogP contribution in [0, 0.1) is 0 Å². The summed E-state index contributed by atoms with van der Waals surface area (Å²) >= 11 is 0. The fourth-order valence-corrected chi connectivity index (χ4v) is 2.32. The maximum Gasteiger partial charge on any atom is 0.271 e. The van der Waals surface area contributed by atoms with Crippen LogP contribution in [0.3, 0.4) is 0 Å². The van der Waals surface area contributed by atoms with Crippen LogP contribution < -0.4 is 20.1 Å². The summed E-state index contributed by atoms with van der Waals surface area (Å²) < 4.78 is 10.5. The van der Waals surface area contributed by atoms with Crippen LogP contribution in [0.15, 0.2) is 55.0 Å². The Kier molecular flexibility index (Phi) is 5.78. The van der Waals surface area contributed by atoms with Gasteiger partial charge in [0.15, 0.2) is 0 Å². The second-order valence-corrected chi connectivity index (χ2v) is 5.48. The quantitative estimate of drug-likeness (QED) is 0.664. The highest BCUT2D eigenvalue weighted by molar-refractivity contribution is 5.92. The highest BCUT2D eigenvalue weighted by Gasteiger charge is 2.10. The Balaban J connectivity index is 1.66. The number of ether oxygens (including phenoxy) is 2. The predicted molar refractivity (Wildman–Crippen MR) is 100 cm³/mol. The molecule has 8 heteroatoms. The zero-order chi connectivity index (χ0) is 19.1. The SMILES string of the molecule is COc1ccc(OC)c(Nc2cnc(C(=O)NCc3ccccn3)cn2)c1. The first-order valence-electron chi connectivity index (χ1n) is 8.19. The number of carbonyl (C=O) groups excluding carboxylic acids is 1. The number of anilines is 2. The van der Waals surface area contributed by atoms with E-state index in [0.717, 1.165) is 5.69 Å². The number of hydrogen-bond donors (Lipinski definition) is 2. The summed E-state index contributed by atoms with van der Waals surface area (Å²) in [5, 5.41) is 5.86. The summed E-state index contributed by atoms with van der Waals surface area (Å²) in [6, 6.07) is 10.9. The minimum atomic E-state index is -0.321. The van der Waals surface area contributed by atoms with Crippen LogP contribution in [-0.4, -0.2) is 35.1 Å². The Bertz CT molecular complexity index is 901. The Morgan fingerprint density at radius 3 is 2.59 bits per heavy atom. The zero-order valence-corrected chi connectivity index (χ0v) is 15.0. The molecule has 138 valence electrons. The first-order chi connectivity index (χ1) is 13.2. The van der Waals surface area contributed by atoms with Gasteiger partial charge in [0, 0.05) is 12.3 Å². The van der Waals surface area contributed by atoms with Gasteiger partial charge >= 0.3 is 0 Å². The number of benzene rings is 1. The molecule has 0 fully saturated rings. The van der Waals surface area contributed by atoms with Crippen LogP contribution in [0.2, 0.25) is 0 Å². The molecule has 3 aromatic rings. The van der Waals surface area contributed by atoms with Crippen molar-refractivity contribution in [2.24, 2.45) is 0 Å². The Labute approximate surface area is 156 Å². The van der Waals surface area contributed by atoms with E-state index in [-0.39, 0.29) is 11.6 Å². The molecule has 1 amide bonds. The molecule has 0 aliphatic carbocycles. The third kappa shape index (κ3) is 4.69. The van der Waals surface area contributed by atoms with Crippen LogP contribution in [0.5, 0.6) is 11.5 Å². The van der Waals surface area contributed by atoms with Crippen LogP contribution in [-0.2, 0) is 6.54 Å². The molecule has 0 saturated carbocycles. The molecule has 0 aliphatic heterocycles. The Morgan fingerprint density at radius 1 is 1.04 bits per heavy atom. The summed E-state index contributed by atoms with van der Waals surface area (Å²) in [7, 11) is 3.16. The number of carbonyl (C=O) groups is 1. The van der Waals surface area contributed by atoms with E-state index in [4.69, 9.17) is 9.47 Å². The summed E-state index contributed by atoms with van der Waals surface area (Å²) in [5.41, 5.74) is 1.66. The van der Waals surface area contributed by atoms with Gasteiger partial charge in [-0.05, 0) is 24.3 Å². The third-order valence-electron chi connectivity index (χ3n) is 3.71. The van der Waals surface area contributed by atoms with E-state index in [0.29, 0.717) is 29.5 Å². The molecule has 0 radical (unpaired) electrons. The highest BCUT2D eigenvalue weighted by Crippen LogP contribution is 2.30. The second-order valence-electron chi connectivity index (χ2n) is 5.48. The number of amides is 1. The molecule has 0 atom stereocenters. The van der Waals surface area contributed by atoms with Crippen LogP contribution in [0.4, 0.5) is 11.5 Å². The van der Waals surface area contributed by atoms with Crippen molar-refractivity contribution in [2.45, 2.75) is 6.54 Å². The summed E-state index contributed by atoms with van der Waals surface area (Å²) in [5.74, 6) is 1.47. The van der Waals surface area contributed by atoms with Crippen LogP contribution >= 0.6 is 0 Å². The molecule has 8 nitrogen and oxygen atoms in total. The molecule has 3 rings (SSSR count). The molecule has 0 spiro atoms. The largest absolute Gasteiger partial charge is 0.497 e. The summed E-state index contributed by atoms with van der Waals surface area (Å²) in [4.78, 5) is 24.7. The first kappa shape index (κ1) is 18.1. The number of hydrogen-bond acceptors (Lipinski definition) is 7. The maximum absolute atomic E-state index is 12.2. The van der Waals surface area contributed by atoms with Crippen LogP contribution in [0.25, 0.3) is 0 Å². The fraction of sp³-hybridized carbons (Fsp3) is 0.158. The lowest BCUT2D eigenvalue weighted by molar-refractivity contribution is 0.0945. The maximum atomic E-state index is 12.2. The van der Waals surface area contributed by atoms with Crippen molar-refractivity contribution in [3.8, 4) is 11.5 Å². The van der Waals surface area contributed by atoms with Gasteiger partial charge in [-0.1, -0.05) is 6.07 Å². The summed E-state index contributed by atoms with van der Waals surface area (Å²) in [6.45, 7) is 0.322. The van der Waals surface area contributed by atoms with Crippen molar-refractivity contribution < 1.29 is 14.3 Å². The van der Waals surface area contributed by atoms with E-state index in [1.54, 1.807) is 38.6 Å². The number of rotatable bonds is 7. The van der Waals surface area contributed by atoms with E-state index in [1.165, 1.54) is 12.4 Å². The lowest BCUT2D eigenvalue weighted by Gasteiger charge is -2.12. The lowest BCUT2D eigenvalue weighted by Crippen LogP contribution is -2.24. The smallest absolute Gasteiger partial charge is 0.271 e. The Hall–Kier alpha value is -3.68. The lowest BCUT2D eigenvalue weighted by atomic mass is 10.2. The molecule has 0 saturated heterocycles. The third-order valence-corrected chi connectivity index (χ3v) is 3.71. The van der Waals surface area contributed by atoms with Crippen molar-refractivity contribution >= 4 is 17.4 Å². The van der Waals surface area contributed by atoms with Gasteiger partial charge in [0.1, 0.15) is 23.0 Å². The Morgan fingerprint density at radius 2 is 1.93 bits per heavy atom. The van der Waals surface area contributed by atoms with Gasteiger partial charge in [-0.2, -0.15) is 0 Å². The van der Waals surface area contributed by atoms with Crippen LogP contribution in [0.1, 0.15) is 16.2 Å². The predicted octanol–water partition coefficient (Wildman–Crippen LogP) is 2.56. The number of nitrogens with one attached hydrogen (secondary N) is 2. The van der Waals surface area contributed by atoms with E-state index in [9.17, 15) is 4.79 Å². The van der Waals surface area contributed by atoms with Gasteiger partial charge in [0.2, 0.25) is 0 Å². The van der Waals surface area contributed by atoms with Gasteiger partial charge in [0.05, 0.1) is 44.5 Å². The standard InChI is InChI=1S/C19H19N5O3/c1-26-14-6-7-17(27-2)15(9-14)24-18-12-21-16(11-22-18)19(25)23-10-13-5-3-4-8-20-13/h3-9,11-12H,10H2,1-2H3,(H,22,24)(H,23,25). The number of aromatic nitrogens is 3. The number of nitrogens with zero attached hydrogens (tertiary/aromatic N) is 3. The molecule has 1 aromatic carbocycles. The van der Waals surface area contributed by atoms with Crippen molar-refractivity contribution in [1.29, 1.82) is 0 Å². The molecular formula is C19H19N5O3. The highest BCUT2D eigenvalue weighted by atomic mass is 16.5. The molecule has 0 bridgehead atoms. The molecule has 27 heavy (non-hydrogen) atoms. The van der Waals surface area contributed by atoms with Crippen molar-refractivity contribution in [2.75, 3.05) is 19.5 Å². The number of methoxy groups -OCH3 is 2. The van der Waals surface area contributed by atoms with Crippen molar-refractivity contribution in [1.82, 2.24) is 20.3 Å². The van der Waals surface area contributed by atoms with E-state index >= 15 is 0 Å². The second kappa shape index (κ2) is 8.61. The van der Waals surface area contributed by atoms with E-state index in [1.807, 2.05) is 18.2 Å². The van der Waals surface area contributed by atoms with Gasteiger partial charge in [-0.3, -0.25) is 9.78 Å². The fourth-order valence-electron chi connectivity index (χ4n) is 2.32. The molecule has 0 unspecified atom stereocenters. The van der Waals surface area contributed by atoms with Gasteiger partial charge in [0.25, 0.3) is 5.91 Å². The molecule has 0 aliphatic rings.